The van der Waals surface area contributed by atoms with E-state index >= 15 is 0 Å². The van der Waals surface area contributed by atoms with Gasteiger partial charge >= 0.3 is 12.4 Å². The van der Waals surface area contributed by atoms with Crippen molar-refractivity contribution >= 4 is 39.5 Å². The second-order valence-electron chi connectivity index (χ2n) is 6.55. The highest BCUT2D eigenvalue weighted by molar-refractivity contribution is 9.10. The highest BCUT2D eigenvalue weighted by Crippen LogP contribution is 2.31. The second kappa shape index (κ2) is 10.5. The van der Waals surface area contributed by atoms with Gasteiger partial charge in [-0.1, -0.05) is 28.1 Å². The quantitative estimate of drug-likeness (QED) is 0.221. The van der Waals surface area contributed by atoms with Crippen molar-refractivity contribution in [1.29, 1.82) is 0 Å². The maximum atomic E-state index is 12.6. The Labute approximate surface area is 192 Å². The van der Waals surface area contributed by atoms with Gasteiger partial charge in [-0.3, -0.25) is 9.59 Å². The number of halogens is 7. The van der Waals surface area contributed by atoms with Gasteiger partial charge < -0.3 is 11.1 Å². The number of amides is 1. The molecule has 0 aliphatic heterocycles. The monoisotopic (exact) mass is 532 g/mol. The Hall–Kier alpha value is -3.34. The van der Waals surface area contributed by atoms with E-state index < -0.39 is 29.4 Å². The zero-order valence-corrected chi connectivity index (χ0v) is 18.1. The van der Waals surface area contributed by atoms with Crippen LogP contribution in [0.1, 0.15) is 31.8 Å². The number of anilines is 2. The lowest BCUT2D eigenvalue weighted by Gasteiger charge is -2.10. The lowest BCUT2D eigenvalue weighted by Crippen LogP contribution is -2.13. The lowest BCUT2D eigenvalue weighted by atomic mass is 10.1. The average molecular weight is 533 g/mol. The molecule has 3 rings (SSSR count). The molecule has 1 amide bonds. The number of alkyl halides is 6. The summed E-state index contributed by atoms with van der Waals surface area (Å²) < 4.78 is 74.1. The van der Waals surface area contributed by atoms with Gasteiger partial charge in [-0.05, 0) is 54.6 Å². The normalized spacial score (nSPS) is 11.2. The molecule has 0 aromatic heterocycles. The van der Waals surface area contributed by atoms with Crippen molar-refractivity contribution in [1.82, 2.24) is 0 Å². The molecule has 0 fully saturated rings. The Bertz CT molecular complexity index is 1150. The first-order valence-electron chi connectivity index (χ1n) is 8.96. The van der Waals surface area contributed by atoms with Crippen molar-refractivity contribution in [3.8, 4) is 0 Å². The fourth-order valence-electron chi connectivity index (χ4n) is 2.50. The van der Waals surface area contributed by atoms with Gasteiger partial charge in [0.15, 0.2) is 0 Å². The molecule has 0 saturated heterocycles. The van der Waals surface area contributed by atoms with Crippen molar-refractivity contribution in [3.63, 3.8) is 0 Å². The molecule has 0 bridgehead atoms. The molecule has 3 aromatic carbocycles. The zero-order chi connectivity index (χ0) is 24.8. The molecular formula is C22H15BrF6N2O2. The van der Waals surface area contributed by atoms with Crippen LogP contribution < -0.4 is 11.1 Å². The minimum Gasteiger partial charge on any atom is -0.399 e. The number of benzene rings is 3. The minimum absolute atomic E-state index is 0.0208. The highest BCUT2D eigenvalue weighted by Gasteiger charge is 2.31. The molecule has 0 aliphatic rings. The largest absolute Gasteiger partial charge is 0.416 e. The van der Waals surface area contributed by atoms with E-state index in [4.69, 9.17) is 5.73 Å². The van der Waals surface area contributed by atoms with Crippen LogP contribution in [0.4, 0.5) is 37.7 Å². The summed E-state index contributed by atoms with van der Waals surface area (Å²) in [6.07, 6.45) is -8.21. The number of aldehydes is 1. The van der Waals surface area contributed by atoms with Crippen LogP contribution in [0.3, 0.4) is 0 Å². The maximum Gasteiger partial charge on any atom is 0.416 e. The van der Waals surface area contributed by atoms with E-state index in [1.165, 1.54) is 42.5 Å². The van der Waals surface area contributed by atoms with Crippen LogP contribution in [-0.4, -0.2) is 12.2 Å². The minimum atomic E-state index is -4.48. The Morgan fingerprint density at radius 2 is 1.42 bits per heavy atom. The average Bonchev–Trinajstić information content (AvgIpc) is 2.72. The number of carbonyl (C=O) groups is 2. The van der Waals surface area contributed by atoms with Crippen molar-refractivity contribution in [2.75, 3.05) is 11.1 Å². The van der Waals surface area contributed by atoms with Crippen LogP contribution in [0.25, 0.3) is 0 Å². The molecule has 0 saturated carbocycles. The Kier molecular flexibility index (Phi) is 8.26. The number of carbonyl (C=O) groups excluding carboxylic acids is 2. The van der Waals surface area contributed by atoms with E-state index in [0.717, 1.165) is 24.3 Å². The molecule has 0 aliphatic carbocycles. The number of rotatable bonds is 3. The molecule has 3 aromatic rings. The third-order valence-corrected chi connectivity index (χ3v) is 4.44. The molecule has 0 radical (unpaired) electrons. The lowest BCUT2D eigenvalue weighted by molar-refractivity contribution is -0.138. The van der Waals surface area contributed by atoms with E-state index in [-0.39, 0.29) is 22.5 Å². The summed E-state index contributed by atoms with van der Waals surface area (Å²) >= 11 is 3.16. The number of nitrogen functional groups attached to an aromatic ring is 1. The van der Waals surface area contributed by atoms with Gasteiger partial charge in [0, 0.05) is 27.0 Å². The van der Waals surface area contributed by atoms with Crippen LogP contribution in [0, 0.1) is 0 Å². The molecule has 11 heteroatoms. The van der Waals surface area contributed by atoms with Crippen molar-refractivity contribution in [3.05, 3.63) is 93.5 Å². The zero-order valence-electron chi connectivity index (χ0n) is 16.5. The Balaban J connectivity index is 0.000000294. The third-order valence-electron chi connectivity index (χ3n) is 3.98. The van der Waals surface area contributed by atoms with Gasteiger partial charge in [-0.25, -0.2) is 0 Å². The van der Waals surface area contributed by atoms with E-state index in [9.17, 15) is 35.9 Å². The summed E-state index contributed by atoms with van der Waals surface area (Å²) in [5.41, 5.74) is 4.18. The number of nitrogens with one attached hydrogen (secondary N) is 1. The van der Waals surface area contributed by atoms with Gasteiger partial charge in [0.2, 0.25) is 0 Å². The van der Waals surface area contributed by atoms with Crippen LogP contribution >= 0.6 is 15.9 Å². The summed E-state index contributed by atoms with van der Waals surface area (Å²) in [4.78, 5) is 22.8. The molecule has 0 spiro atoms. The van der Waals surface area contributed by atoms with E-state index in [1.807, 2.05) is 0 Å². The van der Waals surface area contributed by atoms with E-state index in [2.05, 4.69) is 21.2 Å². The molecule has 3 N–H and O–H groups in total. The number of nitrogens with two attached hydrogens (primary N) is 1. The fraction of sp³-hybridized carbons (Fsp3) is 0.0909. The van der Waals surface area contributed by atoms with Gasteiger partial charge in [0.25, 0.3) is 5.91 Å². The van der Waals surface area contributed by atoms with Crippen LogP contribution in [-0.2, 0) is 12.4 Å². The van der Waals surface area contributed by atoms with Gasteiger partial charge in [-0.15, -0.1) is 0 Å². The third kappa shape index (κ3) is 7.94. The Morgan fingerprint density at radius 1 is 0.848 bits per heavy atom. The number of hydrogen-bond acceptors (Lipinski definition) is 3. The molecule has 0 unspecified atom stereocenters. The van der Waals surface area contributed by atoms with Crippen LogP contribution in [0.15, 0.2) is 71.2 Å². The molecule has 4 nitrogen and oxygen atoms in total. The topological polar surface area (TPSA) is 72.2 Å². The smallest absolute Gasteiger partial charge is 0.399 e. The summed E-state index contributed by atoms with van der Waals surface area (Å²) in [5, 5.41) is 2.37. The molecular weight excluding hydrogens is 518 g/mol. The number of hydrogen-bond donors (Lipinski definition) is 2. The summed E-state index contributed by atoms with van der Waals surface area (Å²) in [5.74, 6) is -0.608. The first-order chi connectivity index (χ1) is 15.3. The maximum absolute atomic E-state index is 12.6. The van der Waals surface area contributed by atoms with Crippen molar-refractivity contribution in [2.45, 2.75) is 12.4 Å². The highest BCUT2D eigenvalue weighted by atomic mass is 79.9. The van der Waals surface area contributed by atoms with Gasteiger partial charge in [0.05, 0.1) is 11.1 Å². The van der Waals surface area contributed by atoms with Gasteiger partial charge in [-0.2, -0.15) is 26.3 Å². The molecule has 33 heavy (non-hydrogen) atoms. The predicted molar refractivity (Wildman–Crippen MR) is 115 cm³/mol. The first kappa shape index (κ1) is 25.9. The van der Waals surface area contributed by atoms with Crippen LogP contribution in [0.2, 0.25) is 0 Å². The van der Waals surface area contributed by atoms with Crippen molar-refractivity contribution < 1.29 is 35.9 Å². The summed E-state index contributed by atoms with van der Waals surface area (Å²) in [6, 6.07) is 13.2. The van der Waals surface area contributed by atoms with E-state index in [0.29, 0.717) is 10.8 Å². The van der Waals surface area contributed by atoms with Crippen LogP contribution in [0.5, 0.6) is 0 Å². The van der Waals surface area contributed by atoms with E-state index in [1.54, 1.807) is 0 Å². The predicted octanol–water partition coefficient (Wildman–Crippen LogP) is 6.82. The molecule has 174 valence electrons. The van der Waals surface area contributed by atoms with Crippen molar-refractivity contribution in [2.24, 2.45) is 0 Å². The molecule has 0 heterocycles. The standard InChI is InChI=1S/C15H9BrF3NO2.C7H6F3N/c16-12-5-9(8-21)4-10(6-12)14(22)20-13-3-1-2-11(7-13)15(17,18)19;8-7(9,10)5-2-1-3-6(11)4-5/h1-8H,(H,20,22);1-4H,11H2. The molecule has 0 atom stereocenters. The SMILES string of the molecule is Nc1cccc(C(F)(F)F)c1.O=Cc1cc(Br)cc(C(=O)Nc2cccc(C(F)(F)F)c2)c1. The fourth-order valence-corrected chi connectivity index (χ4v) is 3.01. The summed E-state index contributed by atoms with van der Waals surface area (Å²) in [6.45, 7) is 0. The van der Waals surface area contributed by atoms with Gasteiger partial charge in [0.1, 0.15) is 6.29 Å². The summed E-state index contributed by atoms with van der Waals surface area (Å²) in [7, 11) is 0. The first-order valence-corrected chi connectivity index (χ1v) is 9.76. The second-order valence-corrected chi connectivity index (χ2v) is 7.46. The Morgan fingerprint density at radius 3 is 1.94 bits per heavy atom.